The van der Waals surface area contributed by atoms with Crippen LogP contribution < -0.4 is 10.5 Å². The molecule has 1 aromatic heterocycles. The van der Waals surface area contributed by atoms with E-state index in [0.717, 1.165) is 29.2 Å². The standard InChI is InChI=1S/C18H23N3O2S/c1-3-23-15-6-4-13(5-7-15)17-20-16(11-24-17)18(22)21-9-8-14(19)10-12(21)2/h4-7,11-12,14H,3,8-10,19H2,1-2H3/t12-,14+/m1/s1. The summed E-state index contributed by atoms with van der Waals surface area (Å²) < 4.78 is 5.45. The van der Waals surface area contributed by atoms with Gasteiger partial charge in [-0.1, -0.05) is 0 Å². The van der Waals surface area contributed by atoms with Crippen LogP contribution in [0.4, 0.5) is 0 Å². The molecule has 0 aliphatic carbocycles. The van der Waals surface area contributed by atoms with Crippen molar-refractivity contribution in [3.8, 4) is 16.3 Å². The molecule has 6 heteroatoms. The first-order chi connectivity index (χ1) is 11.6. The summed E-state index contributed by atoms with van der Waals surface area (Å²) in [4.78, 5) is 19.1. The Morgan fingerprint density at radius 2 is 2.17 bits per heavy atom. The predicted octanol–water partition coefficient (Wildman–Crippen LogP) is 3.16. The first-order valence-corrected chi connectivity index (χ1v) is 9.21. The minimum absolute atomic E-state index is 0.00263. The maximum atomic E-state index is 12.7. The molecule has 0 spiro atoms. The van der Waals surface area contributed by atoms with Gasteiger partial charge in [0.1, 0.15) is 16.5 Å². The van der Waals surface area contributed by atoms with Crippen LogP contribution in [-0.2, 0) is 0 Å². The fraction of sp³-hybridized carbons (Fsp3) is 0.444. The summed E-state index contributed by atoms with van der Waals surface area (Å²) in [7, 11) is 0. The van der Waals surface area contributed by atoms with Crippen molar-refractivity contribution < 1.29 is 9.53 Å². The van der Waals surface area contributed by atoms with Crippen molar-refractivity contribution in [3.05, 3.63) is 35.3 Å². The zero-order valence-electron chi connectivity index (χ0n) is 14.1. The monoisotopic (exact) mass is 345 g/mol. The number of hydrogen-bond acceptors (Lipinski definition) is 5. The Morgan fingerprint density at radius 3 is 2.83 bits per heavy atom. The first kappa shape index (κ1) is 16.9. The number of nitrogens with zero attached hydrogens (tertiary/aromatic N) is 2. The Bertz CT molecular complexity index is 699. The van der Waals surface area contributed by atoms with E-state index in [0.29, 0.717) is 18.8 Å². The van der Waals surface area contributed by atoms with Gasteiger partial charge in [0.05, 0.1) is 6.61 Å². The lowest BCUT2D eigenvalue weighted by Crippen LogP contribution is -2.48. The number of thiazole rings is 1. The summed E-state index contributed by atoms with van der Waals surface area (Å²) in [5, 5.41) is 2.69. The number of hydrogen-bond donors (Lipinski definition) is 1. The molecular weight excluding hydrogens is 322 g/mol. The maximum Gasteiger partial charge on any atom is 0.273 e. The Hall–Kier alpha value is -1.92. The smallest absolute Gasteiger partial charge is 0.273 e. The molecule has 0 unspecified atom stereocenters. The molecule has 2 N–H and O–H groups in total. The maximum absolute atomic E-state index is 12.7. The zero-order valence-corrected chi connectivity index (χ0v) is 14.9. The molecule has 2 heterocycles. The van der Waals surface area contributed by atoms with Crippen molar-refractivity contribution in [1.29, 1.82) is 0 Å². The third-order valence-corrected chi connectivity index (χ3v) is 5.20. The summed E-state index contributed by atoms with van der Waals surface area (Å²) in [6.45, 7) is 5.36. The Morgan fingerprint density at radius 1 is 1.42 bits per heavy atom. The van der Waals surface area contributed by atoms with Crippen molar-refractivity contribution in [3.63, 3.8) is 0 Å². The number of piperidine rings is 1. The molecule has 2 aromatic rings. The highest BCUT2D eigenvalue weighted by Crippen LogP contribution is 2.27. The number of ether oxygens (including phenoxy) is 1. The molecule has 0 bridgehead atoms. The lowest BCUT2D eigenvalue weighted by Gasteiger charge is -2.35. The number of rotatable bonds is 4. The van der Waals surface area contributed by atoms with Crippen LogP contribution >= 0.6 is 11.3 Å². The van der Waals surface area contributed by atoms with Gasteiger partial charge in [-0.05, 0) is 51.0 Å². The highest BCUT2D eigenvalue weighted by molar-refractivity contribution is 7.13. The number of carbonyl (C=O) groups is 1. The molecule has 1 saturated heterocycles. The van der Waals surface area contributed by atoms with Crippen molar-refractivity contribution in [2.75, 3.05) is 13.2 Å². The number of likely N-dealkylation sites (tertiary alicyclic amines) is 1. The normalized spacial score (nSPS) is 20.9. The van der Waals surface area contributed by atoms with Crippen LogP contribution in [-0.4, -0.2) is 41.0 Å². The van der Waals surface area contributed by atoms with Gasteiger partial charge in [0, 0.05) is 29.6 Å². The molecule has 128 valence electrons. The fourth-order valence-corrected chi connectivity index (χ4v) is 3.82. The molecule has 1 fully saturated rings. The van der Waals surface area contributed by atoms with Crippen LogP contribution in [0.5, 0.6) is 5.75 Å². The molecule has 1 aliphatic rings. The van der Waals surface area contributed by atoms with E-state index in [4.69, 9.17) is 10.5 Å². The molecule has 1 aliphatic heterocycles. The Labute approximate surface area is 146 Å². The van der Waals surface area contributed by atoms with Crippen LogP contribution in [0.25, 0.3) is 10.6 Å². The van der Waals surface area contributed by atoms with Gasteiger partial charge in [-0.3, -0.25) is 4.79 Å². The molecule has 3 rings (SSSR count). The van der Waals surface area contributed by atoms with Crippen LogP contribution in [0.1, 0.15) is 37.2 Å². The van der Waals surface area contributed by atoms with Gasteiger partial charge in [-0.25, -0.2) is 4.98 Å². The van der Waals surface area contributed by atoms with Crippen molar-refractivity contribution in [2.45, 2.75) is 38.8 Å². The summed E-state index contributed by atoms with van der Waals surface area (Å²) in [6, 6.07) is 8.16. The largest absolute Gasteiger partial charge is 0.494 e. The third kappa shape index (κ3) is 3.60. The lowest BCUT2D eigenvalue weighted by atomic mass is 9.99. The topological polar surface area (TPSA) is 68.5 Å². The number of benzene rings is 1. The van der Waals surface area contributed by atoms with E-state index < -0.39 is 0 Å². The van der Waals surface area contributed by atoms with E-state index in [1.165, 1.54) is 11.3 Å². The van der Waals surface area contributed by atoms with E-state index >= 15 is 0 Å². The molecule has 1 aromatic carbocycles. The van der Waals surface area contributed by atoms with Crippen LogP contribution in [0.3, 0.4) is 0 Å². The number of amides is 1. The van der Waals surface area contributed by atoms with Crippen LogP contribution in [0, 0.1) is 0 Å². The van der Waals surface area contributed by atoms with Crippen molar-refractivity contribution >= 4 is 17.2 Å². The van der Waals surface area contributed by atoms with Gasteiger partial charge in [0.15, 0.2) is 0 Å². The fourth-order valence-electron chi connectivity index (χ4n) is 3.02. The minimum atomic E-state index is 0.00263. The molecule has 0 saturated carbocycles. The second kappa shape index (κ2) is 7.32. The van der Waals surface area contributed by atoms with Crippen molar-refractivity contribution in [1.82, 2.24) is 9.88 Å². The van der Waals surface area contributed by atoms with E-state index in [-0.39, 0.29) is 18.0 Å². The van der Waals surface area contributed by atoms with E-state index in [1.54, 1.807) is 0 Å². The second-order valence-corrected chi connectivity index (χ2v) is 6.99. The predicted molar refractivity (Wildman–Crippen MR) is 96.4 cm³/mol. The van der Waals surface area contributed by atoms with E-state index in [2.05, 4.69) is 11.9 Å². The molecule has 2 atom stereocenters. The van der Waals surface area contributed by atoms with Gasteiger partial charge >= 0.3 is 0 Å². The number of aromatic nitrogens is 1. The summed E-state index contributed by atoms with van der Waals surface area (Å²) in [6.07, 6.45) is 1.70. The SMILES string of the molecule is CCOc1ccc(-c2nc(C(=O)N3CC[C@H](N)C[C@H]3C)cs2)cc1. The van der Waals surface area contributed by atoms with E-state index in [1.807, 2.05) is 41.5 Å². The molecule has 1 amide bonds. The average Bonchev–Trinajstić information content (AvgIpc) is 3.05. The summed E-state index contributed by atoms with van der Waals surface area (Å²) >= 11 is 1.49. The van der Waals surface area contributed by atoms with Gasteiger partial charge in [-0.2, -0.15) is 0 Å². The quantitative estimate of drug-likeness (QED) is 0.924. The summed E-state index contributed by atoms with van der Waals surface area (Å²) in [5.74, 6) is 0.843. The van der Waals surface area contributed by atoms with Gasteiger partial charge in [0.2, 0.25) is 0 Å². The number of nitrogens with two attached hydrogens (primary N) is 1. The number of carbonyl (C=O) groups excluding carboxylic acids is 1. The molecule has 24 heavy (non-hydrogen) atoms. The van der Waals surface area contributed by atoms with Crippen LogP contribution in [0.2, 0.25) is 0 Å². The highest BCUT2D eigenvalue weighted by Gasteiger charge is 2.29. The Kier molecular flexibility index (Phi) is 5.16. The molecule has 5 nitrogen and oxygen atoms in total. The van der Waals surface area contributed by atoms with Crippen molar-refractivity contribution in [2.24, 2.45) is 5.73 Å². The minimum Gasteiger partial charge on any atom is -0.494 e. The van der Waals surface area contributed by atoms with Gasteiger partial charge < -0.3 is 15.4 Å². The third-order valence-electron chi connectivity index (χ3n) is 4.31. The van der Waals surface area contributed by atoms with E-state index in [9.17, 15) is 4.79 Å². The second-order valence-electron chi connectivity index (χ2n) is 6.13. The lowest BCUT2D eigenvalue weighted by molar-refractivity contribution is 0.0614. The first-order valence-electron chi connectivity index (χ1n) is 8.33. The summed E-state index contributed by atoms with van der Waals surface area (Å²) in [5.41, 5.74) is 7.49. The van der Waals surface area contributed by atoms with Gasteiger partial charge in [-0.15, -0.1) is 11.3 Å². The Balaban J connectivity index is 1.74. The molecule has 0 radical (unpaired) electrons. The van der Waals surface area contributed by atoms with Crippen LogP contribution in [0.15, 0.2) is 29.6 Å². The van der Waals surface area contributed by atoms with Gasteiger partial charge in [0.25, 0.3) is 5.91 Å². The average molecular weight is 345 g/mol. The highest BCUT2D eigenvalue weighted by atomic mass is 32.1. The molecular formula is C18H23N3O2S. The zero-order chi connectivity index (χ0) is 17.1.